The fourth-order valence-electron chi connectivity index (χ4n) is 2.66. The summed E-state index contributed by atoms with van der Waals surface area (Å²) < 4.78 is 0. The largest absolute Gasteiger partial charge is 0.324 e. The quantitative estimate of drug-likeness (QED) is 0.768. The van der Waals surface area contributed by atoms with Crippen molar-refractivity contribution in [2.24, 2.45) is 0 Å². The van der Waals surface area contributed by atoms with Gasteiger partial charge in [-0.1, -0.05) is 62.2 Å². The predicted octanol–water partition coefficient (Wildman–Crippen LogP) is 5.28. The van der Waals surface area contributed by atoms with Gasteiger partial charge in [-0.15, -0.1) is 0 Å². The first-order valence-electron chi connectivity index (χ1n) is 8.21. The van der Waals surface area contributed by atoms with Crippen LogP contribution in [0, 0.1) is 0 Å². The molecule has 2 rings (SSSR count). The SMILES string of the molecule is CC(=O)N(CC(=O)Nc1ccccc1C(C)(C)C)c1cc(Cl)cc(Cl)c1. The molecule has 1 N–H and O–H groups in total. The van der Waals surface area contributed by atoms with Gasteiger partial charge in [-0.05, 0) is 35.2 Å². The van der Waals surface area contributed by atoms with Crippen LogP contribution in [0.3, 0.4) is 0 Å². The lowest BCUT2D eigenvalue weighted by molar-refractivity contribution is -0.120. The minimum Gasteiger partial charge on any atom is -0.324 e. The van der Waals surface area contributed by atoms with Crippen molar-refractivity contribution in [1.82, 2.24) is 0 Å². The zero-order valence-corrected chi connectivity index (χ0v) is 16.8. The average molecular weight is 393 g/mol. The van der Waals surface area contributed by atoms with E-state index < -0.39 is 0 Å². The van der Waals surface area contributed by atoms with Gasteiger partial charge in [-0.3, -0.25) is 9.59 Å². The molecule has 138 valence electrons. The summed E-state index contributed by atoms with van der Waals surface area (Å²) in [6.45, 7) is 7.49. The molecule has 0 aliphatic rings. The molecule has 4 nitrogen and oxygen atoms in total. The Balaban J connectivity index is 2.23. The summed E-state index contributed by atoms with van der Waals surface area (Å²) in [5, 5.41) is 3.70. The molecular weight excluding hydrogens is 371 g/mol. The summed E-state index contributed by atoms with van der Waals surface area (Å²) in [5.41, 5.74) is 2.12. The van der Waals surface area contributed by atoms with Crippen LogP contribution in [-0.2, 0) is 15.0 Å². The van der Waals surface area contributed by atoms with Gasteiger partial charge >= 0.3 is 0 Å². The Bertz CT molecular complexity index is 809. The first kappa shape index (κ1) is 20.3. The maximum atomic E-state index is 12.6. The number of halogens is 2. The van der Waals surface area contributed by atoms with Crippen molar-refractivity contribution in [2.75, 3.05) is 16.8 Å². The Hall–Kier alpha value is -2.04. The van der Waals surface area contributed by atoms with Gasteiger partial charge in [0.1, 0.15) is 6.54 Å². The molecule has 0 aliphatic carbocycles. The van der Waals surface area contributed by atoms with Crippen molar-refractivity contribution in [3.63, 3.8) is 0 Å². The predicted molar refractivity (Wildman–Crippen MR) is 108 cm³/mol. The Morgan fingerprint density at radius 2 is 1.62 bits per heavy atom. The lowest BCUT2D eigenvalue weighted by atomic mass is 9.86. The van der Waals surface area contributed by atoms with Crippen molar-refractivity contribution in [2.45, 2.75) is 33.1 Å². The maximum absolute atomic E-state index is 12.6. The van der Waals surface area contributed by atoms with E-state index in [1.807, 2.05) is 24.3 Å². The first-order valence-corrected chi connectivity index (χ1v) is 8.97. The van der Waals surface area contributed by atoms with Crippen molar-refractivity contribution in [3.8, 4) is 0 Å². The van der Waals surface area contributed by atoms with Crippen LogP contribution in [-0.4, -0.2) is 18.4 Å². The smallest absolute Gasteiger partial charge is 0.244 e. The van der Waals surface area contributed by atoms with Crippen LogP contribution in [0.1, 0.15) is 33.3 Å². The standard InChI is InChI=1S/C20H22Cl2N2O2/c1-13(25)24(16-10-14(21)9-15(22)11-16)12-19(26)23-18-8-6-5-7-17(18)20(2,3)4/h5-11H,12H2,1-4H3,(H,23,26). The van der Waals surface area contributed by atoms with Crippen LogP contribution >= 0.6 is 23.2 Å². The Labute approximate surface area is 164 Å². The van der Waals surface area contributed by atoms with E-state index in [1.54, 1.807) is 18.2 Å². The monoisotopic (exact) mass is 392 g/mol. The third-order valence-electron chi connectivity index (χ3n) is 3.85. The third-order valence-corrected chi connectivity index (χ3v) is 4.29. The molecule has 0 unspecified atom stereocenters. The normalized spacial score (nSPS) is 11.2. The molecule has 0 spiro atoms. The van der Waals surface area contributed by atoms with Gasteiger partial charge in [0.05, 0.1) is 0 Å². The van der Waals surface area contributed by atoms with E-state index in [0.29, 0.717) is 15.7 Å². The molecular formula is C20H22Cl2N2O2. The average Bonchev–Trinajstić information content (AvgIpc) is 2.50. The van der Waals surface area contributed by atoms with Gasteiger partial charge in [0.15, 0.2) is 0 Å². The molecule has 0 heterocycles. The van der Waals surface area contributed by atoms with Crippen LogP contribution in [0.5, 0.6) is 0 Å². The number of benzene rings is 2. The minimum absolute atomic E-state index is 0.120. The lowest BCUT2D eigenvalue weighted by Crippen LogP contribution is -2.37. The first-order chi connectivity index (χ1) is 12.1. The van der Waals surface area contributed by atoms with E-state index >= 15 is 0 Å². The minimum atomic E-state index is -0.298. The van der Waals surface area contributed by atoms with Gasteiger partial charge in [0.2, 0.25) is 11.8 Å². The Kier molecular flexibility index (Phi) is 6.32. The molecule has 26 heavy (non-hydrogen) atoms. The molecule has 0 atom stereocenters. The number of rotatable bonds is 4. The topological polar surface area (TPSA) is 49.4 Å². The summed E-state index contributed by atoms with van der Waals surface area (Å²) in [6, 6.07) is 12.4. The number of hydrogen-bond donors (Lipinski definition) is 1. The van der Waals surface area contributed by atoms with Crippen LogP contribution in [0.25, 0.3) is 0 Å². The molecule has 2 aromatic rings. The molecule has 2 aromatic carbocycles. The third kappa shape index (κ3) is 5.23. The molecule has 0 fully saturated rings. The van der Waals surface area contributed by atoms with Crippen molar-refractivity contribution in [3.05, 3.63) is 58.1 Å². The lowest BCUT2D eigenvalue weighted by Gasteiger charge is -2.25. The van der Waals surface area contributed by atoms with Gasteiger partial charge in [-0.25, -0.2) is 0 Å². The molecule has 0 saturated heterocycles. The van der Waals surface area contributed by atoms with E-state index in [2.05, 4.69) is 26.1 Å². The molecule has 2 amide bonds. The maximum Gasteiger partial charge on any atom is 0.244 e. The summed E-state index contributed by atoms with van der Waals surface area (Å²) in [5.74, 6) is -0.574. The molecule has 0 saturated carbocycles. The van der Waals surface area contributed by atoms with Gasteiger partial charge < -0.3 is 10.2 Å². The zero-order valence-electron chi connectivity index (χ0n) is 15.3. The van der Waals surface area contributed by atoms with Gasteiger partial charge in [0.25, 0.3) is 0 Å². The van der Waals surface area contributed by atoms with Crippen molar-refractivity contribution < 1.29 is 9.59 Å². The van der Waals surface area contributed by atoms with E-state index in [-0.39, 0.29) is 23.8 Å². The molecule has 0 bridgehead atoms. The highest BCUT2D eigenvalue weighted by Crippen LogP contribution is 2.29. The van der Waals surface area contributed by atoms with Crippen molar-refractivity contribution in [1.29, 1.82) is 0 Å². The number of amides is 2. The van der Waals surface area contributed by atoms with E-state index in [0.717, 1.165) is 11.3 Å². The fraction of sp³-hybridized carbons (Fsp3) is 0.300. The van der Waals surface area contributed by atoms with Crippen LogP contribution in [0.15, 0.2) is 42.5 Å². The highest BCUT2D eigenvalue weighted by Gasteiger charge is 2.21. The van der Waals surface area contributed by atoms with E-state index in [9.17, 15) is 9.59 Å². The van der Waals surface area contributed by atoms with E-state index in [4.69, 9.17) is 23.2 Å². The fourth-order valence-corrected chi connectivity index (χ4v) is 3.17. The highest BCUT2D eigenvalue weighted by molar-refractivity contribution is 6.35. The number of carbonyl (C=O) groups is 2. The molecule has 0 aliphatic heterocycles. The second-order valence-corrected chi connectivity index (χ2v) is 7.95. The number of carbonyl (C=O) groups excluding carboxylic acids is 2. The number of nitrogens with zero attached hydrogens (tertiary/aromatic N) is 1. The summed E-state index contributed by atoms with van der Waals surface area (Å²) in [4.78, 5) is 26.0. The van der Waals surface area contributed by atoms with Crippen LogP contribution < -0.4 is 10.2 Å². The van der Waals surface area contributed by atoms with Gasteiger partial charge in [-0.2, -0.15) is 0 Å². The molecule has 6 heteroatoms. The Morgan fingerprint density at radius 1 is 1.04 bits per heavy atom. The Morgan fingerprint density at radius 3 is 2.15 bits per heavy atom. The number of hydrogen-bond acceptors (Lipinski definition) is 2. The second kappa shape index (κ2) is 8.11. The molecule has 0 radical (unpaired) electrons. The summed E-state index contributed by atoms with van der Waals surface area (Å²) in [7, 11) is 0. The number of nitrogens with one attached hydrogen (secondary N) is 1. The summed E-state index contributed by atoms with van der Waals surface area (Å²) >= 11 is 12.0. The number of anilines is 2. The van der Waals surface area contributed by atoms with Crippen LogP contribution in [0.4, 0.5) is 11.4 Å². The summed E-state index contributed by atoms with van der Waals surface area (Å²) in [6.07, 6.45) is 0. The van der Waals surface area contributed by atoms with E-state index in [1.165, 1.54) is 11.8 Å². The number of para-hydroxylation sites is 1. The highest BCUT2D eigenvalue weighted by atomic mass is 35.5. The van der Waals surface area contributed by atoms with Crippen molar-refractivity contribution >= 4 is 46.4 Å². The van der Waals surface area contributed by atoms with Crippen LogP contribution in [0.2, 0.25) is 10.0 Å². The molecule has 0 aromatic heterocycles. The van der Waals surface area contributed by atoms with Gasteiger partial charge in [0, 0.05) is 28.3 Å². The zero-order chi connectivity index (χ0) is 19.5. The second-order valence-electron chi connectivity index (χ2n) is 7.08.